The van der Waals surface area contributed by atoms with Crippen molar-refractivity contribution >= 4 is 21.2 Å². The van der Waals surface area contributed by atoms with Crippen molar-refractivity contribution in [1.82, 2.24) is 14.8 Å². The van der Waals surface area contributed by atoms with Crippen LogP contribution in [-0.2, 0) is 28.4 Å². The van der Waals surface area contributed by atoms with E-state index in [2.05, 4.69) is 23.9 Å². The Labute approximate surface area is 152 Å². The summed E-state index contributed by atoms with van der Waals surface area (Å²) in [7, 11) is -1.42. The van der Waals surface area contributed by atoms with Gasteiger partial charge in [0.15, 0.2) is 9.84 Å². The molecule has 0 aliphatic heterocycles. The SMILES string of the molecule is CC(C)c1ccc(CS(=O)(=O)Cc2csc(-c3cnn(C)c3)n2)cc1. The van der Waals surface area contributed by atoms with Crippen LogP contribution in [0.5, 0.6) is 0 Å². The fraction of sp³-hybridized carbons (Fsp3) is 0.333. The van der Waals surface area contributed by atoms with Gasteiger partial charge in [-0.3, -0.25) is 4.68 Å². The molecular formula is C18H21N3O2S2. The first-order chi connectivity index (χ1) is 11.8. The largest absolute Gasteiger partial charge is 0.275 e. The van der Waals surface area contributed by atoms with Crippen LogP contribution in [0.1, 0.15) is 36.6 Å². The van der Waals surface area contributed by atoms with Gasteiger partial charge in [-0.1, -0.05) is 38.1 Å². The van der Waals surface area contributed by atoms with Crippen LogP contribution in [0.15, 0.2) is 42.0 Å². The second-order valence-corrected chi connectivity index (χ2v) is 9.40. The van der Waals surface area contributed by atoms with Gasteiger partial charge < -0.3 is 0 Å². The van der Waals surface area contributed by atoms with Gasteiger partial charge in [-0.25, -0.2) is 13.4 Å². The third kappa shape index (κ3) is 4.55. The zero-order valence-electron chi connectivity index (χ0n) is 14.5. The molecule has 0 aliphatic carbocycles. The number of rotatable bonds is 6. The number of thiazole rings is 1. The summed E-state index contributed by atoms with van der Waals surface area (Å²) in [5, 5.41) is 6.72. The van der Waals surface area contributed by atoms with Crippen LogP contribution < -0.4 is 0 Å². The van der Waals surface area contributed by atoms with Crippen molar-refractivity contribution in [2.24, 2.45) is 7.05 Å². The Hall–Kier alpha value is -1.99. The highest BCUT2D eigenvalue weighted by Crippen LogP contribution is 2.24. The highest BCUT2D eigenvalue weighted by Gasteiger charge is 2.16. The summed E-state index contributed by atoms with van der Waals surface area (Å²) in [6, 6.07) is 7.79. The van der Waals surface area contributed by atoms with Gasteiger partial charge in [0.25, 0.3) is 0 Å². The monoisotopic (exact) mass is 375 g/mol. The van der Waals surface area contributed by atoms with E-state index in [4.69, 9.17) is 0 Å². The van der Waals surface area contributed by atoms with Crippen molar-refractivity contribution in [3.63, 3.8) is 0 Å². The summed E-state index contributed by atoms with van der Waals surface area (Å²) in [5.74, 6) is 0.424. The van der Waals surface area contributed by atoms with E-state index in [0.29, 0.717) is 11.6 Å². The second kappa shape index (κ2) is 7.09. The zero-order valence-corrected chi connectivity index (χ0v) is 16.1. The van der Waals surface area contributed by atoms with E-state index in [0.717, 1.165) is 16.1 Å². The van der Waals surface area contributed by atoms with Crippen LogP contribution in [0.4, 0.5) is 0 Å². The molecule has 3 rings (SSSR count). The number of nitrogens with zero attached hydrogens (tertiary/aromatic N) is 3. The van der Waals surface area contributed by atoms with Crippen molar-refractivity contribution in [3.8, 4) is 10.6 Å². The molecule has 0 N–H and O–H groups in total. The summed E-state index contributed by atoms with van der Waals surface area (Å²) >= 11 is 1.44. The molecule has 0 aliphatic rings. The predicted molar refractivity (Wildman–Crippen MR) is 101 cm³/mol. The predicted octanol–water partition coefficient (Wildman–Crippen LogP) is 3.78. The molecule has 0 amide bonds. The first-order valence-electron chi connectivity index (χ1n) is 8.05. The summed E-state index contributed by atoms with van der Waals surface area (Å²) in [4.78, 5) is 4.44. The zero-order chi connectivity index (χ0) is 18.0. The Kier molecular flexibility index (Phi) is 5.06. The maximum absolute atomic E-state index is 12.5. The minimum absolute atomic E-state index is 0.0329. The molecule has 0 atom stereocenters. The number of hydrogen-bond acceptors (Lipinski definition) is 5. The van der Waals surface area contributed by atoms with Crippen LogP contribution in [0, 0.1) is 0 Å². The lowest BCUT2D eigenvalue weighted by Crippen LogP contribution is -2.08. The van der Waals surface area contributed by atoms with Crippen molar-refractivity contribution in [2.45, 2.75) is 31.3 Å². The van der Waals surface area contributed by atoms with Gasteiger partial charge in [-0.15, -0.1) is 11.3 Å². The Bertz CT molecular complexity index is 954. The first-order valence-corrected chi connectivity index (χ1v) is 10.8. The van der Waals surface area contributed by atoms with Crippen LogP contribution in [0.25, 0.3) is 10.6 Å². The van der Waals surface area contributed by atoms with E-state index >= 15 is 0 Å². The maximum atomic E-state index is 12.5. The number of aromatic nitrogens is 3. The fourth-order valence-electron chi connectivity index (χ4n) is 2.57. The molecule has 1 aromatic carbocycles. The average Bonchev–Trinajstić information content (AvgIpc) is 3.15. The van der Waals surface area contributed by atoms with Crippen LogP contribution >= 0.6 is 11.3 Å². The van der Waals surface area contributed by atoms with E-state index < -0.39 is 9.84 Å². The quantitative estimate of drug-likeness (QED) is 0.658. The van der Waals surface area contributed by atoms with E-state index in [9.17, 15) is 8.42 Å². The van der Waals surface area contributed by atoms with Gasteiger partial charge in [-0.05, 0) is 17.0 Å². The van der Waals surface area contributed by atoms with Gasteiger partial charge >= 0.3 is 0 Å². The summed E-state index contributed by atoms with van der Waals surface area (Å²) in [6.07, 6.45) is 3.60. The van der Waals surface area contributed by atoms with Gasteiger partial charge in [0.05, 0.1) is 23.4 Å². The maximum Gasteiger partial charge on any atom is 0.160 e. The number of aryl methyl sites for hydroxylation is 1. The molecule has 0 saturated carbocycles. The van der Waals surface area contributed by atoms with E-state index in [1.165, 1.54) is 16.9 Å². The van der Waals surface area contributed by atoms with Crippen LogP contribution in [-0.4, -0.2) is 23.2 Å². The van der Waals surface area contributed by atoms with Gasteiger partial charge in [-0.2, -0.15) is 5.10 Å². The molecule has 2 heterocycles. The minimum atomic E-state index is -3.26. The van der Waals surface area contributed by atoms with E-state index in [-0.39, 0.29) is 11.5 Å². The van der Waals surface area contributed by atoms with Gasteiger partial charge in [0.2, 0.25) is 0 Å². The van der Waals surface area contributed by atoms with Crippen molar-refractivity contribution in [2.75, 3.05) is 0 Å². The molecule has 0 saturated heterocycles. The molecule has 2 aromatic heterocycles. The Morgan fingerprint density at radius 2 is 1.88 bits per heavy atom. The highest BCUT2D eigenvalue weighted by atomic mass is 32.2. The molecule has 0 bridgehead atoms. The molecule has 7 heteroatoms. The average molecular weight is 376 g/mol. The Morgan fingerprint density at radius 1 is 1.16 bits per heavy atom. The minimum Gasteiger partial charge on any atom is -0.275 e. The fourth-order valence-corrected chi connectivity index (χ4v) is 4.87. The summed E-state index contributed by atoms with van der Waals surface area (Å²) in [5.41, 5.74) is 3.51. The van der Waals surface area contributed by atoms with Crippen LogP contribution in [0.3, 0.4) is 0 Å². The smallest absolute Gasteiger partial charge is 0.160 e. The van der Waals surface area contributed by atoms with E-state index in [1.54, 1.807) is 10.9 Å². The molecule has 25 heavy (non-hydrogen) atoms. The lowest BCUT2D eigenvalue weighted by molar-refractivity contribution is 0.594. The van der Waals surface area contributed by atoms with Gasteiger partial charge in [0.1, 0.15) is 5.01 Å². The van der Waals surface area contributed by atoms with Crippen molar-refractivity contribution < 1.29 is 8.42 Å². The molecular weight excluding hydrogens is 354 g/mol. The molecule has 3 aromatic rings. The molecule has 0 unspecified atom stereocenters. The molecule has 5 nitrogen and oxygen atoms in total. The van der Waals surface area contributed by atoms with E-state index in [1.807, 2.05) is 42.9 Å². The van der Waals surface area contributed by atoms with Crippen molar-refractivity contribution in [3.05, 3.63) is 58.9 Å². The topological polar surface area (TPSA) is 64.8 Å². The second-order valence-electron chi connectivity index (χ2n) is 6.48. The number of hydrogen-bond donors (Lipinski definition) is 0. The van der Waals surface area contributed by atoms with Crippen LogP contribution in [0.2, 0.25) is 0 Å². The van der Waals surface area contributed by atoms with Gasteiger partial charge in [0, 0.05) is 24.2 Å². The summed E-state index contributed by atoms with van der Waals surface area (Å²) < 4.78 is 26.7. The lowest BCUT2D eigenvalue weighted by Gasteiger charge is -2.07. The Balaban J connectivity index is 1.70. The first kappa shape index (κ1) is 17.8. The number of benzene rings is 1. The van der Waals surface area contributed by atoms with Crippen molar-refractivity contribution in [1.29, 1.82) is 0 Å². The molecule has 0 spiro atoms. The summed E-state index contributed by atoms with van der Waals surface area (Å²) in [6.45, 7) is 4.24. The Morgan fingerprint density at radius 3 is 2.48 bits per heavy atom. The lowest BCUT2D eigenvalue weighted by atomic mass is 10.0. The normalized spacial score (nSPS) is 12.0. The molecule has 132 valence electrons. The number of sulfone groups is 1. The molecule has 0 fully saturated rings. The third-order valence-electron chi connectivity index (χ3n) is 3.90. The third-order valence-corrected chi connectivity index (χ3v) is 6.35. The standard InChI is InChI=1S/C18H21N3O2S2/c1-13(2)15-6-4-14(5-7-15)11-25(22,23)12-17-10-24-18(20-17)16-8-19-21(3)9-16/h4-10,13H,11-12H2,1-3H3. The molecule has 0 radical (unpaired) electrons. The highest BCUT2D eigenvalue weighted by molar-refractivity contribution is 7.89.